The molecule has 1 unspecified atom stereocenters. The van der Waals surface area contributed by atoms with Crippen molar-refractivity contribution in [3.8, 4) is 11.1 Å². The van der Waals surface area contributed by atoms with Gasteiger partial charge in [0.15, 0.2) is 0 Å². The molecule has 2 fully saturated rings. The van der Waals surface area contributed by atoms with Crippen molar-refractivity contribution in [3.63, 3.8) is 0 Å². The molecule has 2 aliphatic rings. The number of aromatic nitrogens is 4. The maximum absolute atomic E-state index is 13.7. The molecule has 212 valence electrons. The molecule has 0 spiro atoms. The van der Waals surface area contributed by atoms with E-state index in [9.17, 15) is 4.79 Å². The number of nitrogens with zero attached hydrogens (tertiary/aromatic N) is 5. The number of aryl methyl sites for hydroxylation is 2. The third-order valence-electron chi connectivity index (χ3n) is 8.66. The van der Waals surface area contributed by atoms with E-state index in [-0.39, 0.29) is 5.56 Å². The van der Waals surface area contributed by atoms with Crippen LogP contribution >= 0.6 is 0 Å². The van der Waals surface area contributed by atoms with Crippen molar-refractivity contribution in [2.75, 3.05) is 31.5 Å². The zero-order valence-electron chi connectivity index (χ0n) is 24.3. The zero-order chi connectivity index (χ0) is 28.5. The van der Waals surface area contributed by atoms with Gasteiger partial charge in [-0.1, -0.05) is 24.8 Å². The highest BCUT2D eigenvalue weighted by Gasteiger charge is 2.25. The second-order valence-electron chi connectivity index (χ2n) is 11.4. The van der Waals surface area contributed by atoms with E-state index in [1.54, 1.807) is 10.8 Å². The standard InChI is InChI=1S/C33H39N7O/c1-5-40-31-26(19-35-33(38-31)37-27-8-6-23(7-9-27)24-12-15-34-16-13-24)18-29(32(40)41)28-10-11-30(36-22(28)4)25-14-17-39(20-25)21(2)3/h6-11,18-19,24-25,34H,2,5,12-17,20H2,1,3-4H3,(H,35,37,38). The SMILES string of the molecule is C=C(C)N1CCC(c2ccc(-c3cc4cnc(Nc5ccc(C6CCNCC6)cc5)nc4n(CC)c3=O)c(C)n2)C1. The number of hydrogen-bond acceptors (Lipinski definition) is 7. The van der Waals surface area contributed by atoms with E-state index in [0.717, 1.165) is 66.3 Å². The van der Waals surface area contributed by atoms with Crippen molar-refractivity contribution in [1.82, 2.24) is 29.7 Å². The van der Waals surface area contributed by atoms with Crippen LogP contribution in [0.1, 0.15) is 61.9 Å². The van der Waals surface area contributed by atoms with Gasteiger partial charge in [-0.05, 0) is 88.9 Å². The van der Waals surface area contributed by atoms with Crippen LogP contribution in [0.15, 0.2) is 65.7 Å². The first-order valence-electron chi connectivity index (χ1n) is 14.8. The van der Waals surface area contributed by atoms with Crippen LogP contribution < -0.4 is 16.2 Å². The van der Waals surface area contributed by atoms with Gasteiger partial charge in [-0.3, -0.25) is 14.3 Å². The Morgan fingerprint density at radius 2 is 1.83 bits per heavy atom. The Kier molecular flexibility index (Phi) is 7.58. The van der Waals surface area contributed by atoms with E-state index in [0.29, 0.717) is 35.5 Å². The molecule has 4 aromatic rings. The fourth-order valence-corrected chi connectivity index (χ4v) is 6.27. The molecule has 0 amide bonds. The number of allylic oxidation sites excluding steroid dienone is 1. The highest BCUT2D eigenvalue weighted by molar-refractivity contribution is 5.82. The summed E-state index contributed by atoms with van der Waals surface area (Å²) >= 11 is 0. The maximum atomic E-state index is 13.7. The molecule has 3 aromatic heterocycles. The summed E-state index contributed by atoms with van der Waals surface area (Å²) in [6, 6.07) is 14.6. The van der Waals surface area contributed by atoms with Crippen LogP contribution in [-0.4, -0.2) is 50.6 Å². The highest BCUT2D eigenvalue weighted by Crippen LogP contribution is 2.31. The molecule has 0 aliphatic carbocycles. The molecule has 0 bridgehead atoms. The monoisotopic (exact) mass is 549 g/mol. The number of fused-ring (bicyclic) bond motifs is 1. The van der Waals surface area contributed by atoms with Gasteiger partial charge >= 0.3 is 0 Å². The van der Waals surface area contributed by atoms with E-state index in [1.165, 1.54) is 18.4 Å². The normalized spacial score (nSPS) is 17.7. The van der Waals surface area contributed by atoms with Crippen LogP contribution in [0.3, 0.4) is 0 Å². The van der Waals surface area contributed by atoms with Crippen LogP contribution in [0.2, 0.25) is 0 Å². The van der Waals surface area contributed by atoms with Crippen molar-refractivity contribution in [3.05, 3.63) is 88.2 Å². The molecule has 0 saturated carbocycles. The van der Waals surface area contributed by atoms with E-state index >= 15 is 0 Å². The van der Waals surface area contributed by atoms with Crippen LogP contribution in [0.4, 0.5) is 11.6 Å². The Balaban J connectivity index is 1.26. The Morgan fingerprint density at radius 1 is 1.05 bits per heavy atom. The minimum absolute atomic E-state index is 0.0667. The topological polar surface area (TPSA) is 88.0 Å². The maximum Gasteiger partial charge on any atom is 0.260 e. The second kappa shape index (κ2) is 11.4. The first kappa shape index (κ1) is 27.1. The van der Waals surface area contributed by atoms with E-state index in [1.807, 2.05) is 26.0 Å². The predicted octanol–water partition coefficient (Wildman–Crippen LogP) is 5.72. The molecule has 1 atom stereocenters. The molecule has 0 radical (unpaired) electrons. The molecule has 8 heteroatoms. The van der Waals surface area contributed by atoms with E-state index in [2.05, 4.69) is 64.4 Å². The number of anilines is 2. The van der Waals surface area contributed by atoms with Gasteiger partial charge < -0.3 is 15.5 Å². The van der Waals surface area contributed by atoms with Crippen LogP contribution in [0.25, 0.3) is 22.2 Å². The molecular formula is C33H39N7O. The fourth-order valence-electron chi connectivity index (χ4n) is 6.27. The van der Waals surface area contributed by atoms with E-state index < -0.39 is 0 Å². The van der Waals surface area contributed by atoms with Gasteiger partial charge in [-0.25, -0.2) is 4.98 Å². The van der Waals surface area contributed by atoms with Crippen molar-refractivity contribution in [2.24, 2.45) is 0 Å². The van der Waals surface area contributed by atoms with Crippen LogP contribution in [0, 0.1) is 6.92 Å². The van der Waals surface area contributed by atoms with Gasteiger partial charge in [0.2, 0.25) is 5.95 Å². The Hall–Kier alpha value is -4.04. The van der Waals surface area contributed by atoms with Gasteiger partial charge in [0, 0.05) is 71.0 Å². The molecular weight excluding hydrogens is 510 g/mol. The number of rotatable bonds is 7. The van der Waals surface area contributed by atoms with Gasteiger partial charge in [-0.15, -0.1) is 0 Å². The predicted molar refractivity (Wildman–Crippen MR) is 166 cm³/mol. The number of likely N-dealkylation sites (tertiary alicyclic amines) is 1. The second-order valence-corrected chi connectivity index (χ2v) is 11.4. The van der Waals surface area contributed by atoms with Gasteiger partial charge in [0.25, 0.3) is 5.56 Å². The molecule has 8 nitrogen and oxygen atoms in total. The average molecular weight is 550 g/mol. The lowest BCUT2D eigenvalue weighted by molar-refractivity contribution is 0.422. The highest BCUT2D eigenvalue weighted by atomic mass is 16.1. The fraction of sp³-hybridized carbons (Fsp3) is 0.394. The number of pyridine rings is 2. The first-order valence-corrected chi connectivity index (χ1v) is 14.8. The number of benzene rings is 1. The van der Waals surface area contributed by atoms with Gasteiger partial charge in [-0.2, -0.15) is 4.98 Å². The molecule has 41 heavy (non-hydrogen) atoms. The Labute approximate surface area is 241 Å². The average Bonchev–Trinajstić information content (AvgIpc) is 3.49. The molecule has 2 saturated heterocycles. The molecule has 2 aliphatic heterocycles. The van der Waals surface area contributed by atoms with Crippen LogP contribution in [0.5, 0.6) is 0 Å². The molecule has 6 rings (SSSR count). The number of hydrogen-bond donors (Lipinski definition) is 2. The lowest BCUT2D eigenvalue weighted by Gasteiger charge is -2.23. The quantitative estimate of drug-likeness (QED) is 0.305. The molecule has 1 aromatic carbocycles. The summed E-state index contributed by atoms with van der Waals surface area (Å²) in [5, 5.41) is 7.58. The Morgan fingerprint density at radius 3 is 2.51 bits per heavy atom. The number of nitrogens with one attached hydrogen (secondary N) is 2. The third kappa shape index (κ3) is 5.48. The van der Waals surface area contributed by atoms with Gasteiger partial charge in [0.1, 0.15) is 5.65 Å². The summed E-state index contributed by atoms with van der Waals surface area (Å²) < 4.78 is 1.73. The summed E-state index contributed by atoms with van der Waals surface area (Å²) in [6.07, 6.45) is 5.20. The molecule has 2 N–H and O–H groups in total. The molecule has 5 heterocycles. The summed E-state index contributed by atoms with van der Waals surface area (Å²) in [4.78, 5) is 30.3. The minimum atomic E-state index is -0.0667. The van der Waals surface area contributed by atoms with Crippen molar-refractivity contribution >= 4 is 22.7 Å². The largest absolute Gasteiger partial charge is 0.375 e. The van der Waals surface area contributed by atoms with Crippen molar-refractivity contribution in [2.45, 2.75) is 58.4 Å². The lowest BCUT2D eigenvalue weighted by atomic mass is 9.90. The van der Waals surface area contributed by atoms with E-state index in [4.69, 9.17) is 9.97 Å². The smallest absolute Gasteiger partial charge is 0.260 e. The zero-order valence-corrected chi connectivity index (χ0v) is 24.3. The summed E-state index contributed by atoms with van der Waals surface area (Å²) in [6.45, 7) is 14.7. The van der Waals surface area contributed by atoms with Crippen LogP contribution in [-0.2, 0) is 6.54 Å². The Bertz CT molecular complexity index is 1640. The summed E-state index contributed by atoms with van der Waals surface area (Å²) in [7, 11) is 0. The van der Waals surface area contributed by atoms with Crippen molar-refractivity contribution in [1.29, 1.82) is 0 Å². The third-order valence-corrected chi connectivity index (χ3v) is 8.66. The minimum Gasteiger partial charge on any atom is -0.375 e. The first-order chi connectivity index (χ1) is 19.9. The summed E-state index contributed by atoms with van der Waals surface area (Å²) in [5.74, 6) is 1.47. The lowest BCUT2D eigenvalue weighted by Crippen LogP contribution is -2.26. The van der Waals surface area contributed by atoms with Crippen molar-refractivity contribution < 1.29 is 0 Å². The van der Waals surface area contributed by atoms with Gasteiger partial charge in [0.05, 0.1) is 0 Å². The number of piperidine rings is 1. The summed E-state index contributed by atoms with van der Waals surface area (Å²) in [5.41, 5.74) is 7.39.